The van der Waals surface area contributed by atoms with Crippen molar-refractivity contribution >= 4 is 111 Å². The lowest BCUT2D eigenvalue weighted by Crippen LogP contribution is -2.11. The zero-order valence-corrected chi connectivity index (χ0v) is 47.5. The van der Waals surface area contributed by atoms with Crippen molar-refractivity contribution in [1.29, 1.82) is 0 Å². The second kappa shape index (κ2) is 22.9. The third-order valence-corrected chi connectivity index (χ3v) is 16.8. The molecule has 0 spiro atoms. The van der Waals surface area contributed by atoms with Gasteiger partial charge in [0.15, 0.2) is 0 Å². The number of benzene rings is 14. The summed E-state index contributed by atoms with van der Waals surface area (Å²) in [7, 11) is 0. The molecule has 0 aliphatic heterocycles. The van der Waals surface area contributed by atoms with Gasteiger partial charge >= 0.3 is 0 Å². The van der Waals surface area contributed by atoms with Crippen LogP contribution in [-0.2, 0) is 0 Å². The van der Waals surface area contributed by atoms with Crippen molar-refractivity contribution in [3.63, 3.8) is 0 Å². The van der Waals surface area contributed by atoms with Crippen LogP contribution in [0.5, 0.6) is 0 Å². The maximum atomic E-state index is 2.46. The molecule has 14 aromatic rings. The van der Waals surface area contributed by atoms with Gasteiger partial charge in [0.2, 0.25) is 0 Å². The molecule has 1 aliphatic carbocycles. The molecule has 0 radical (unpaired) electrons. The van der Waals surface area contributed by atoms with Crippen molar-refractivity contribution in [3.05, 3.63) is 351 Å². The summed E-state index contributed by atoms with van der Waals surface area (Å²) in [5.74, 6) is 0.151. The fraction of sp³-hybridized carbons (Fsp3) is 0.0244. The van der Waals surface area contributed by atoms with E-state index in [1.54, 1.807) is 0 Å². The highest BCUT2D eigenvalue weighted by Gasteiger charge is 2.25. The molecule has 0 N–H and O–H groups in total. The van der Waals surface area contributed by atoms with Crippen molar-refractivity contribution in [2.75, 3.05) is 19.6 Å². The van der Waals surface area contributed by atoms with E-state index in [4.69, 9.17) is 0 Å². The van der Waals surface area contributed by atoms with Crippen LogP contribution in [-0.4, -0.2) is 0 Å². The lowest BCUT2D eigenvalue weighted by molar-refractivity contribution is 0.870. The first-order chi connectivity index (χ1) is 42.7. The highest BCUT2D eigenvalue weighted by Crippen LogP contribution is 2.49. The van der Waals surface area contributed by atoms with Gasteiger partial charge in [-0.2, -0.15) is 0 Å². The standard InChI is InChI=1S/C82H60N4/c1-9-25-59(26-10-1)81-77-51-49-76(86(70-39-23-8-24-40-70)74-48-44-62-54-72(46-42-64(62)56-74)84(67-33-17-5-18-34-67)68-35-19-6-20-36-68)58-80(77)82(60-27-11-2-12-28-60)78-52-50-75(57-79(78)81)85(69-37-21-7-22-38-69)73-47-43-61-53-71(45-41-63(61)55-73)83(65-29-13-3-14-30-65)66-31-15-4-16-32-66/h1-27,29-58,60H,28H2. The van der Waals surface area contributed by atoms with Crippen LogP contribution >= 0.6 is 0 Å². The molecule has 0 amide bonds. The number of hydrogen-bond donors (Lipinski definition) is 0. The molecule has 4 nitrogen and oxygen atoms in total. The number of anilines is 12. The largest absolute Gasteiger partial charge is 0.310 e. The van der Waals surface area contributed by atoms with Gasteiger partial charge in [0.1, 0.15) is 0 Å². The van der Waals surface area contributed by atoms with Crippen LogP contribution in [0.3, 0.4) is 0 Å². The van der Waals surface area contributed by atoms with Crippen molar-refractivity contribution in [2.24, 2.45) is 0 Å². The summed E-state index contributed by atoms with van der Waals surface area (Å²) in [4.78, 5) is 9.50. The van der Waals surface area contributed by atoms with Crippen LogP contribution in [0.25, 0.3) is 54.2 Å². The van der Waals surface area contributed by atoms with Crippen molar-refractivity contribution in [1.82, 2.24) is 0 Å². The fourth-order valence-electron chi connectivity index (χ4n) is 12.9. The number of fused-ring (bicyclic) bond motifs is 4. The van der Waals surface area contributed by atoms with E-state index in [0.29, 0.717) is 0 Å². The third kappa shape index (κ3) is 9.89. The maximum absolute atomic E-state index is 2.46. The van der Waals surface area contributed by atoms with E-state index in [1.807, 2.05) is 0 Å². The lowest BCUT2D eigenvalue weighted by Gasteiger charge is -2.29. The van der Waals surface area contributed by atoms with Crippen molar-refractivity contribution < 1.29 is 0 Å². The van der Waals surface area contributed by atoms with E-state index in [1.165, 1.54) is 54.4 Å². The molecule has 0 heterocycles. The molecular formula is C82H60N4. The van der Waals surface area contributed by atoms with E-state index in [2.05, 4.69) is 365 Å². The smallest absolute Gasteiger partial charge is 0.0468 e. The Bertz CT molecular complexity index is 4700. The van der Waals surface area contributed by atoms with Gasteiger partial charge in [0, 0.05) is 74.2 Å². The van der Waals surface area contributed by atoms with Crippen LogP contribution in [0.4, 0.5) is 68.2 Å². The Balaban J connectivity index is 0.878. The van der Waals surface area contributed by atoms with Gasteiger partial charge < -0.3 is 19.6 Å². The molecule has 0 saturated carbocycles. The van der Waals surface area contributed by atoms with Crippen LogP contribution < -0.4 is 19.6 Å². The Morgan fingerprint density at radius 2 is 0.535 bits per heavy atom. The molecule has 408 valence electrons. The lowest BCUT2D eigenvalue weighted by atomic mass is 9.81. The zero-order valence-electron chi connectivity index (χ0n) is 47.5. The summed E-state index contributed by atoms with van der Waals surface area (Å²) in [6, 6.07) is 117. The molecular weight excluding hydrogens is 1040 g/mol. The van der Waals surface area contributed by atoms with Crippen molar-refractivity contribution in [2.45, 2.75) is 12.3 Å². The summed E-state index contributed by atoms with van der Waals surface area (Å²) in [5, 5.41) is 9.59. The molecule has 86 heavy (non-hydrogen) atoms. The van der Waals surface area contributed by atoms with Crippen LogP contribution in [0.1, 0.15) is 17.9 Å². The fourth-order valence-corrected chi connectivity index (χ4v) is 12.9. The molecule has 15 rings (SSSR count). The third-order valence-electron chi connectivity index (χ3n) is 16.8. The zero-order chi connectivity index (χ0) is 57.2. The minimum Gasteiger partial charge on any atom is -0.310 e. The Hall–Kier alpha value is -11.2. The highest BCUT2D eigenvalue weighted by atomic mass is 15.2. The minimum absolute atomic E-state index is 0.151. The molecule has 1 unspecified atom stereocenters. The number of para-hydroxylation sites is 6. The number of allylic oxidation sites excluding steroid dienone is 4. The quantitative estimate of drug-likeness (QED) is 0.101. The van der Waals surface area contributed by atoms with E-state index in [9.17, 15) is 0 Å². The Labute approximate surface area is 503 Å². The highest BCUT2D eigenvalue weighted by molar-refractivity contribution is 6.17. The van der Waals surface area contributed by atoms with E-state index < -0.39 is 0 Å². The molecule has 1 aliphatic rings. The molecule has 0 aromatic heterocycles. The molecule has 1 atom stereocenters. The second-order valence-electron chi connectivity index (χ2n) is 22.1. The van der Waals surface area contributed by atoms with Gasteiger partial charge in [0.25, 0.3) is 0 Å². The van der Waals surface area contributed by atoms with Crippen molar-refractivity contribution in [3.8, 4) is 11.1 Å². The summed E-state index contributed by atoms with van der Waals surface area (Å²) < 4.78 is 0. The first kappa shape index (κ1) is 51.7. The number of rotatable bonds is 14. The van der Waals surface area contributed by atoms with E-state index in [0.717, 1.165) is 80.1 Å². The second-order valence-corrected chi connectivity index (χ2v) is 22.1. The van der Waals surface area contributed by atoms with Crippen LogP contribution in [0.15, 0.2) is 346 Å². The Kier molecular flexibility index (Phi) is 13.7. The molecule has 0 bridgehead atoms. The average Bonchev–Trinajstić information content (AvgIpc) is 1.64. The summed E-state index contributed by atoms with van der Waals surface area (Å²) in [6.07, 6.45) is 10.0. The predicted molar refractivity (Wildman–Crippen MR) is 366 cm³/mol. The molecule has 4 heteroatoms. The summed E-state index contributed by atoms with van der Waals surface area (Å²) in [5.41, 5.74) is 16.9. The van der Waals surface area contributed by atoms with Crippen LogP contribution in [0, 0.1) is 0 Å². The normalized spacial score (nSPS) is 12.9. The first-order valence-corrected chi connectivity index (χ1v) is 29.7. The van der Waals surface area contributed by atoms with Gasteiger partial charge in [-0.3, -0.25) is 0 Å². The summed E-state index contributed by atoms with van der Waals surface area (Å²) >= 11 is 0. The Morgan fingerprint density at radius 1 is 0.233 bits per heavy atom. The van der Waals surface area contributed by atoms with Gasteiger partial charge in [-0.15, -0.1) is 0 Å². The van der Waals surface area contributed by atoms with E-state index in [-0.39, 0.29) is 5.92 Å². The number of nitrogens with zero attached hydrogens (tertiary/aromatic N) is 4. The van der Waals surface area contributed by atoms with Gasteiger partial charge in [-0.25, -0.2) is 0 Å². The molecule has 14 aromatic carbocycles. The topological polar surface area (TPSA) is 13.0 Å². The van der Waals surface area contributed by atoms with Crippen LogP contribution in [0.2, 0.25) is 0 Å². The van der Waals surface area contributed by atoms with Gasteiger partial charge in [0.05, 0.1) is 0 Å². The molecule has 0 fully saturated rings. The maximum Gasteiger partial charge on any atom is 0.0468 e. The summed E-state index contributed by atoms with van der Waals surface area (Å²) in [6.45, 7) is 0. The van der Waals surface area contributed by atoms with E-state index >= 15 is 0 Å². The van der Waals surface area contributed by atoms with Gasteiger partial charge in [-0.05, 0) is 212 Å². The van der Waals surface area contributed by atoms with Gasteiger partial charge in [-0.1, -0.05) is 200 Å². The SMILES string of the molecule is C1=CCC(c2c3ccc(N(c4ccccc4)c4ccc5cc(N(c6ccccc6)c6ccccc6)ccc5c4)cc3c(-c3ccccc3)c3ccc(N(c4ccccc4)c4ccc5cc(N(c6ccccc6)c6ccccc6)ccc5c4)cc23)C=C1. The minimum atomic E-state index is 0.151. The Morgan fingerprint density at radius 3 is 0.884 bits per heavy atom. The first-order valence-electron chi connectivity index (χ1n) is 29.7. The average molecular weight is 1100 g/mol. The predicted octanol–water partition coefficient (Wildman–Crippen LogP) is 23.4. The number of hydrogen-bond acceptors (Lipinski definition) is 4. The molecule has 0 saturated heterocycles. The monoisotopic (exact) mass is 1100 g/mol.